The summed E-state index contributed by atoms with van der Waals surface area (Å²) in [6.07, 6.45) is -4.73. The summed E-state index contributed by atoms with van der Waals surface area (Å²) in [5.74, 6) is -0.984. The van der Waals surface area contributed by atoms with E-state index in [9.17, 15) is 18.0 Å². The van der Waals surface area contributed by atoms with Crippen LogP contribution < -0.4 is 5.73 Å². The number of carbonyl (C=O) groups excluding carboxylic acids is 1. The highest BCUT2D eigenvalue weighted by Crippen LogP contribution is 2.38. The van der Waals surface area contributed by atoms with E-state index in [4.69, 9.17) is 5.73 Å². The van der Waals surface area contributed by atoms with Gasteiger partial charge in [-0.1, -0.05) is 12.1 Å². The van der Waals surface area contributed by atoms with Gasteiger partial charge in [-0.2, -0.15) is 23.4 Å². The number of nitrogens with two attached hydrogens (primary N) is 1. The van der Waals surface area contributed by atoms with Crippen LogP contribution in [0.5, 0.6) is 0 Å². The molecule has 3 aromatic rings. The normalized spacial score (nSPS) is 11.8. The SMILES string of the molecule is Cc1cc(C)n(-c2cccc(-c3c(C(F)(F)F)nn(C)c3C(N)=O)c2)n1. The lowest BCUT2D eigenvalue weighted by atomic mass is 10.0. The number of amides is 1. The highest BCUT2D eigenvalue weighted by Gasteiger charge is 2.40. The van der Waals surface area contributed by atoms with Crippen molar-refractivity contribution in [3.8, 4) is 16.8 Å². The van der Waals surface area contributed by atoms with Gasteiger partial charge in [0, 0.05) is 18.3 Å². The van der Waals surface area contributed by atoms with Crippen LogP contribution in [0.15, 0.2) is 30.3 Å². The fraction of sp³-hybridized carbons (Fsp3) is 0.235. The lowest BCUT2D eigenvalue weighted by molar-refractivity contribution is -0.140. The Morgan fingerprint density at radius 1 is 1.15 bits per heavy atom. The maximum absolute atomic E-state index is 13.4. The lowest BCUT2D eigenvalue weighted by Crippen LogP contribution is -2.17. The van der Waals surface area contributed by atoms with Crippen LogP contribution in [0.3, 0.4) is 0 Å². The zero-order valence-electron chi connectivity index (χ0n) is 14.3. The number of hydrogen-bond donors (Lipinski definition) is 1. The van der Waals surface area contributed by atoms with Crippen LogP contribution in [0.25, 0.3) is 16.8 Å². The second-order valence-electron chi connectivity index (χ2n) is 5.95. The average molecular weight is 363 g/mol. The summed E-state index contributed by atoms with van der Waals surface area (Å²) in [6.45, 7) is 3.66. The number of alkyl halides is 3. The van der Waals surface area contributed by atoms with E-state index in [1.165, 1.54) is 19.2 Å². The smallest absolute Gasteiger partial charge is 0.364 e. The van der Waals surface area contributed by atoms with E-state index in [1.54, 1.807) is 16.8 Å². The maximum atomic E-state index is 13.4. The van der Waals surface area contributed by atoms with Gasteiger partial charge in [0.1, 0.15) is 5.69 Å². The maximum Gasteiger partial charge on any atom is 0.435 e. The minimum Gasteiger partial charge on any atom is -0.364 e. The molecule has 136 valence electrons. The second-order valence-corrected chi connectivity index (χ2v) is 5.95. The summed E-state index contributed by atoms with van der Waals surface area (Å²) < 4.78 is 42.8. The van der Waals surface area contributed by atoms with Crippen molar-refractivity contribution in [3.05, 3.63) is 53.1 Å². The van der Waals surface area contributed by atoms with Crippen molar-refractivity contribution in [1.82, 2.24) is 19.6 Å². The van der Waals surface area contributed by atoms with Gasteiger partial charge in [-0.15, -0.1) is 0 Å². The molecule has 9 heteroatoms. The Hall–Kier alpha value is -3.10. The number of nitrogens with zero attached hydrogens (tertiary/aromatic N) is 4. The summed E-state index contributed by atoms with van der Waals surface area (Å²) in [7, 11) is 1.25. The van der Waals surface area contributed by atoms with Crippen molar-refractivity contribution in [3.63, 3.8) is 0 Å². The summed E-state index contributed by atoms with van der Waals surface area (Å²) in [4.78, 5) is 11.7. The molecule has 0 atom stereocenters. The molecule has 2 heterocycles. The van der Waals surface area contributed by atoms with Gasteiger partial charge < -0.3 is 5.73 Å². The zero-order valence-corrected chi connectivity index (χ0v) is 14.3. The topological polar surface area (TPSA) is 78.7 Å². The number of hydrogen-bond acceptors (Lipinski definition) is 3. The van der Waals surface area contributed by atoms with Gasteiger partial charge in [-0.25, -0.2) is 4.68 Å². The quantitative estimate of drug-likeness (QED) is 0.777. The molecule has 0 aliphatic carbocycles. The molecular formula is C17H16F3N5O. The minimum atomic E-state index is -4.73. The lowest BCUT2D eigenvalue weighted by Gasteiger charge is -2.10. The first kappa shape index (κ1) is 17.7. The van der Waals surface area contributed by atoms with E-state index in [2.05, 4.69) is 10.2 Å². The monoisotopic (exact) mass is 363 g/mol. The van der Waals surface area contributed by atoms with Gasteiger partial charge in [0.2, 0.25) is 0 Å². The Morgan fingerprint density at radius 3 is 2.38 bits per heavy atom. The second kappa shape index (κ2) is 6.01. The van der Waals surface area contributed by atoms with E-state index >= 15 is 0 Å². The first-order valence-electron chi connectivity index (χ1n) is 7.67. The van der Waals surface area contributed by atoms with Crippen molar-refractivity contribution in [1.29, 1.82) is 0 Å². The van der Waals surface area contributed by atoms with Gasteiger partial charge >= 0.3 is 6.18 Å². The molecule has 1 aromatic carbocycles. The van der Waals surface area contributed by atoms with Gasteiger partial charge in [-0.05, 0) is 37.6 Å². The zero-order chi connectivity index (χ0) is 19.2. The molecule has 26 heavy (non-hydrogen) atoms. The molecule has 3 rings (SSSR count). The highest BCUT2D eigenvalue weighted by atomic mass is 19.4. The third kappa shape index (κ3) is 2.96. The summed E-state index contributed by atoms with van der Waals surface area (Å²) in [5.41, 5.74) is 5.87. The van der Waals surface area contributed by atoms with Crippen LogP contribution >= 0.6 is 0 Å². The highest BCUT2D eigenvalue weighted by molar-refractivity contribution is 5.99. The van der Waals surface area contributed by atoms with E-state index < -0.39 is 17.8 Å². The van der Waals surface area contributed by atoms with Crippen LogP contribution in [-0.2, 0) is 13.2 Å². The van der Waals surface area contributed by atoms with Crippen LogP contribution in [0, 0.1) is 13.8 Å². The molecule has 2 N–H and O–H groups in total. The van der Waals surface area contributed by atoms with Crippen molar-refractivity contribution >= 4 is 5.91 Å². The molecule has 0 radical (unpaired) electrons. The van der Waals surface area contributed by atoms with Crippen LogP contribution in [-0.4, -0.2) is 25.5 Å². The van der Waals surface area contributed by atoms with Gasteiger partial charge in [0.05, 0.1) is 11.4 Å². The summed E-state index contributed by atoms with van der Waals surface area (Å²) in [6, 6.07) is 8.17. The number of rotatable bonds is 3. The molecule has 0 spiro atoms. The fourth-order valence-electron chi connectivity index (χ4n) is 2.96. The Labute approximate surface area is 147 Å². The van der Waals surface area contributed by atoms with Gasteiger partial charge in [0.25, 0.3) is 5.91 Å². The molecule has 0 unspecified atom stereocenters. The van der Waals surface area contributed by atoms with E-state index in [-0.39, 0.29) is 16.8 Å². The Bertz CT molecular complexity index is 1000. The molecule has 0 saturated carbocycles. The van der Waals surface area contributed by atoms with Crippen molar-refractivity contribution < 1.29 is 18.0 Å². The number of aromatic nitrogens is 4. The van der Waals surface area contributed by atoms with Crippen molar-refractivity contribution in [2.75, 3.05) is 0 Å². The molecule has 0 aliphatic heterocycles. The molecule has 0 bridgehead atoms. The number of aryl methyl sites for hydroxylation is 3. The van der Waals surface area contributed by atoms with Gasteiger partial charge in [-0.3, -0.25) is 9.48 Å². The predicted molar refractivity (Wildman–Crippen MR) is 88.8 cm³/mol. The Morgan fingerprint density at radius 2 is 1.85 bits per heavy atom. The van der Waals surface area contributed by atoms with E-state index in [0.717, 1.165) is 16.1 Å². The number of halogens is 3. The van der Waals surface area contributed by atoms with Crippen LogP contribution in [0.4, 0.5) is 13.2 Å². The fourth-order valence-corrected chi connectivity index (χ4v) is 2.96. The molecule has 6 nitrogen and oxygen atoms in total. The van der Waals surface area contributed by atoms with Crippen molar-refractivity contribution in [2.24, 2.45) is 12.8 Å². The first-order valence-corrected chi connectivity index (χ1v) is 7.67. The van der Waals surface area contributed by atoms with Gasteiger partial charge in [0.15, 0.2) is 5.69 Å². The molecule has 1 amide bonds. The number of primary amides is 1. The predicted octanol–water partition coefficient (Wildman–Crippen LogP) is 3.01. The third-order valence-electron chi connectivity index (χ3n) is 3.94. The van der Waals surface area contributed by atoms with E-state index in [1.807, 2.05) is 19.9 Å². The van der Waals surface area contributed by atoms with Crippen LogP contribution in [0.1, 0.15) is 27.6 Å². The van der Waals surface area contributed by atoms with Crippen LogP contribution in [0.2, 0.25) is 0 Å². The largest absolute Gasteiger partial charge is 0.435 e. The third-order valence-corrected chi connectivity index (χ3v) is 3.94. The molecule has 2 aromatic heterocycles. The summed E-state index contributed by atoms with van der Waals surface area (Å²) >= 11 is 0. The molecule has 0 aliphatic rings. The molecule has 0 saturated heterocycles. The number of carbonyl (C=O) groups is 1. The Balaban J connectivity index is 2.26. The number of benzene rings is 1. The Kier molecular flexibility index (Phi) is 4.09. The average Bonchev–Trinajstić information content (AvgIpc) is 3.06. The first-order chi connectivity index (χ1) is 12.1. The van der Waals surface area contributed by atoms with Crippen molar-refractivity contribution in [2.45, 2.75) is 20.0 Å². The summed E-state index contributed by atoms with van der Waals surface area (Å²) in [5, 5.41) is 7.80. The van der Waals surface area contributed by atoms with E-state index in [0.29, 0.717) is 5.69 Å². The molecule has 0 fully saturated rings. The standard InChI is InChI=1S/C17H16F3N5O/c1-9-7-10(2)25(22-9)12-6-4-5-11(8-12)13-14(16(21)26)24(3)23-15(13)17(18,19)20/h4-8H,1-3H3,(H2,21,26). The molecular weight excluding hydrogens is 347 g/mol. The minimum absolute atomic E-state index is 0.185.